The third kappa shape index (κ3) is 4.30. The summed E-state index contributed by atoms with van der Waals surface area (Å²) in [5, 5.41) is 9.18. The van der Waals surface area contributed by atoms with E-state index in [9.17, 15) is 14.7 Å². The molecule has 22 heavy (non-hydrogen) atoms. The van der Waals surface area contributed by atoms with Gasteiger partial charge in [0.1, 0.15) is 6.04 Å². The zero-order valence-corrected chi connectivity index (χ0v) is 14.4. The topological polar surface area (TPSA) is 60.9 Å². The van der Waals surface area contributed by atoms with E-state index in [1.165, 1.54) is 0 Å². The van der Waals surface area contributed by atoms with E-state index in [1.54, 1.807) is 23.8 Å². The molecule has 2 rings (SSSR count). The summed E-state index contributed by atoms with van der Waals surface area (Å²) >= 11 is 3.47. The van der Waals surface area contributed by atoms with Crippen LogP contribution in [-0.2, 0) is 16.1 Å². The number of benzene rings is 1. The van der Waals surface area contributed by atoms with Crippen LogP contribution < -0.4 is 0 Å². The van der Waals surface area contributed by atoms with Crippen LogP contribution in [0.1, 0.15) is 25.3 Å². The number of halogens is 1. The first-order chi connectivity index (χ1) is 10.4. The summed E-state index contributed by atoms with van der Waals surface area (Å²) in [5.74, 6) is -0.941. The summed E-state index contributed by atoms with van der Waals surface area (Å²) in [7, 11) is 1.75. The van der Waals surface area contributed by atoms with Crippen LogP contribution in [0.2, 0.25) is 0 Å². The number of carbonyl (C=O) groups excluding carboxylic acids is 1. The van der Waals surface area contributed by atoms with E-state index in [-0.39, 0.29) is 18.5 Å². The minimum Gasteiger partial charge on any atom is -0.480 e. The van der Waals surface area contributed by atoms with Crippen molar-refractivity contribution in [3.8, 4) is 0 Å². The highest BCUT2D eigenvalue weighted by Crippen LogP contribution is 2.28. The fraction of sp³-hybridized carbons (Fsp3) is 0.500. The van der Waals surface area contributed by atoms with Gasteiger partial charge >= 0.3 is 5.97 Å². The summed E-state index contributed by atoms with van der Waals surface area (Å²) in [6.07, 6.45) is 1.94. The zero-order valence-electron chi connectivity index (χ0n) is 12.8. The highest BCUT2D eigenvalue weighted by Gasteiger charge is 2.36. The van der Waals surface area contributed by atoms with Gasteiger partial charge in [0.2, 0.25) is 5.91 Å². The SMILES string of the molecule is CC(C(=O)O)N(CC(=O)N(C)Cc1ccccc1Br)C1CC1. The number of likely N-dealkylation sites (N-methyl/N-ethyl adjacent to an activating group) is 1. The normalized spacial score (nSPS) is 15.6. The summed E-state index contributed by atoms with van der Waals surface area (Å²) in [6, 6.07) is 7.36. The molecule has 1 aromatic carbocycles. The lowest BCUT2D eigenvalue weighted by Gasteiger charge is -2.28. The lowest BCUT2D eigenvalue weighted by Crippen LogP contribution is -2.46. The maximum atomic E-state index is 12.4. The molecular weight excluding hydrogens is 348 g/mol. The van der Waals surface area contributed by atoms with E-state index in [1.807, 2.05) is 24.3 Å². The van der Waals surface area contributed by atoms with Gasteiger partial charge in [-0.15, -0.1) is 0 Å². The van der Waals surface area contributed by atoms with Crippen LogP contribution >= 0.6 is 15.9 Å². The molecular formula is C16H21BrN2O3. The van der Waals surface area contributed by atoms with E-state index >= 15 is 0 Å². The van der Waals surface area contributed by atoms with Crippen LogP contribution in [0.25, 0.3) is 0 Å². The highest BCUT2D eigenvalue weighted by molar-refractivity contribution is 9.10. The second-order valence-corrected chi connectivity index (χ2v) is 6.61. The average molecular weight is 369 g/mol. The van der Waals surface area contributed by atoms with Gasteiger partial charge in [-0.05, 0) is 31.4 Å². The number of carboxylic acid groups (broad SMARTS) is 1. The Morgan fingerprint density at radius 1 is 1.36 bits per heavy atom. The van der Waals surface area contributed by atoms with Gasteiger partial charge in [-0.3, -0.25) is 14.5 Å². The molecule has 1 fully saturated rings. The van der Waals surface area contributed by atoms with Gasteiger partial charge in [0.05, 0.1) is 6.54 Å². The minimum atomic E-state index is -0.881. The number of rotatable bonds is 7. The summed E-state index contributed by atoms with van der Waals surface area (Å²) in [4.78, 5) is 27.0. The maximum absolute atomic E-state index is 12.4. The Morgan fingerprint density at radius 2 is 2.00 bits per heavy atom. The Hall–Kier alpha value is -1.40. The number of amides is 1. The predicted octanol–water partition coefficient (Wildman–Crippen LogP) is 2.35. The van der Waals surface area contributed by atoms with Crippen molar-refractivity contribution in [2.45, 2.75) is 38.4 Å². The number of carboxylic acids is 1. The Balaban J connectivity index is 1.98. The molecule has 1 N–H and O–H groups in total. The number of hydrogen-bond donors (Lipinski definition) is 1. The lowest BCUT2D eigenvalue weighted by molar-refractivity contribution is -0.144. The van der Waals surface area contributed by atoms with E-state index in [0.717, 1.165) is 22.9 Å². The third-order valence-electron chi connectivity index (χ3n) is 3.98. The Labute approximate surface area is 139 Å². The molecule has 6 heteroatoms. The molecule has 0 saturated heterocycles. The number of nitrogens with zero attached hydrogens (tertiary/aromatic N) is 2. The van der Waals surface area contributed by atoms with E-state index in [2.05, 4.69) is 15.9 Å². The van der Waals surface area contributed by atoms with Gasteiger partial charge in [0.25, 0.3) is 0 Å². The second kappa shape index (κ2) is 7.24. The third-order valence-corrected chi connectivity index (χ3v) is 4.75. The molecule has 0 heterocycles. The standard InChI is InChI=1S/C16H21BrN2O3/c1-11(16(21)22)19(13-7-8-13)10-15(20)18(2)9-12-5-3-4-6-14(12)17/h3-6,11,13H,7-10H2,1-2H3,(H,21,22). The van der Waals surface area contributed by atoms with Crippen LogP contribution in [0.4, 0.5) is 0 Å². The van der Waals surface area contributed by atoms with Gasteiger partial charge < -0.3 is 10.0 Å². The molecule has 1 amide bonds. The highest BCUT2D eigenvalue weighted by atomic mass is 79.9. The average Bonchev–Trinajstić information content (AvgIpc) is 3.30. The number of carbonyl (C=O) groups is 2. The molecule has 1 aromatic rings. The molecule has 1 aliphatic rings. The van der Waals surface area contributed by atoms with Crippen molar-refractivity contribution in [1.29, 1.82) is 0 Å². The lowest BCUT2D eigenvalue weighted by atomic mass is 10.2. The van der Waals surface area contributed by atoms with Crippen molar-refractivity contribution in [1.82, 2.24) is 9.80 Å². The second-order valence-electron chi connectivity index (χ2n) is 5.76. The largest absolute Gasteiger partial charge is 0.480 e. The molecule has 0 bridgehead atoms. The maximum Gasteiger partial charge on any atom is 0.320 e. The summed E-state index contributed by atoms with van der Waals surface area (Å²) in [6.45, 7) is 2.29. The van der Waals surface area contributed by atoms with Crippen molar-refractivity contribution in [2.24, 2.45) is 0 Å². The van der Waals surface area contributed by atoms with Crippen molar-refractivity contribution >= 4 is 27.8 Å². The number of hydrogen-bond acceptors (Lipinski definition) is 3. The van der Waals surface area contributed by atoms with Crippen LogP contribution in [0.5, 0.6) is 0 Å². The first-order valence-corrected chi connectivity index (χ1v) is 8.15. The Morgan fingerprint density at radius 3 is 2.55 bits per heavy atom. The van der Waals surface area contributed by atoms with Crippen LogP contribution in [0.3, 0.4) is 0 Å². The first kappa shape index (κ1) is 17.0. The molecule has 1 saturated carbocycles. The van der Waals surface area contributed by atoms with Crippen molar-refractivity contribution in [2.75, 3.05) is 13.6 Å². The monoisotopic (exact) mass is 368 g/mol. The molecule has 1 aliphatic carbocycles. The Kier molecular flexibility index (Phi) is 5.58. The van der Waals surface area contributed by atoms with E-state index < -0.39 is 12.0 Å². The van der Waals surface area contributed by atoms with Gasteiger partial charge in [-0.1, -0.05) is 34.1 Å². The van der Waals surface area contributed by atoms with Crippen molar-refractivity contribution < 1.29 is 14.7 Å². The molecule has 5 nitrogen and oxygen atoms in total. The van der Waals surface area contributed by atoms with E-state index in [4.69, 9.17) is 0 Å². The molecule has 0 aromatic heterocycles. The fourth-order valence-corrected chi connectivity index (χ4v) is 2.79. The van der Waals surface area contributed by atoms with Crippen LogP contribution in [-0.4, -0.2) is 52.5 Å². The van der Waals surface area contributed by atoms with Gasteiger partial charge in [-0.2, -0.15) is 0 Å². The smallest absolute Gasteiger partial charge is 0.320 e. The van der Waals surface area contributed by atoms with Crippen molar-refractivity contribution in [3.63, 3.8) is 0 Å². The van der Waals surface area contributed by atoms with E-state index in [0.29, 0.717) is 6.54 Å². The fourth-order valence-electron chi connectivity index (χ4n) is 2.38. The first-order valence-electron chi connectivity index (χ1n) is 7.36. The van der Waals surface area contributed by atoms with Crippen molar-refractivity contribution in [3.05, 3.63) is 34.3 Å². The molecule has 0 aliphatic heterocycles. The molecule has 0 spiro atoms. The summed E-state index contributed by atoms with van der Waals surface area (Å²) < 4.78 is 0.965. The molecule has 1 atom stereocenters. The quantitative estimate of drug-likeness (QED) is 0.802. The molecule has 1 unspecified atom stereocenters. The van der Waals surface area contributed by atoms with Crippen LogP contribution in [0, 0.1) is 0 Å². The van der Waals surface area contributed by atoms with Crippen LogP contribution in [0.15, 0.2) is 28.7 Å². The predicted molar refractivity (Wildman–Crippen MR) is 87.4 cm³/mol. The van der Waals surface area contributed by atoms with Gasteiger partial charge in [-0.25, -0.2) is 0 Å². The molecule has 0 radical (unpaired) electrons. The minimum absolute atomic E-state index is 0.0595. The molecule has 120 valence electrons. The summed E-state index contributed by atoms with van der Waals surface area (Å²) in [5.41, 5.74) is 1.03. The van der Waals surface area contributed by atoms with Gasteiger partial charge in [0, 0.05) is 24.1 Å². The Bertz CT molecular complexity index is 560. The zero-order chi connectivity index (χ0) is 16.3. The van der Waals surface area contributed by atoms with Gasteiger partial charge in [0.15, 0.2) is 0 Å². The number of aliphatic carboxylic acids is 1.